The maximum absolute atomic E-state index is 14.2. The van der Waals surface area contributed by atoms with Gasteiger partial charge in [0, 0.05) is 17.3 Å². The molecule has 0 aromatic heterocycles. The topological polar surface area (TPSA) is 124 Å². The molecule has 1 aromatic carbocycles. The summed E-state index contributed by atoms with van der Waals surface area (Å²) >= 11 is 0. The normalized spacial score (nSPS) is 31.7. The molecule has 0 bridgehead atoms. The molecule has 43 heavy (non-hydrogen) atoms. The first-order chi connectivity index (χ1) is 20.3. The highest BCUT2D eigenvalue weighted by Crippen LogP contribution is 2.65. The van der Waals surface area contributed by atoms with Gasteiger partial charge in [-0.1, -0.05) is 61.6 Å². The predicted octanol–water partition coefficient (Wildman–Crippen LogP) is 5.47. The molecule has 1 N–H and O–H groups in total. The number of fused-ring (bicyclic) bond motifs is 4. The number of ketones is 2. The number of hydrogen-bond donors (Lipinski definition) is 1. The van der Waals surface area contributed by atoms with Crippen molar-refractivity contribution in [1.82, 2.24) is 0 Å². The Morgan fingerprint density at radius 3 is 2.51 bits per heavy atom. The highest BCUT2D eigenvalue weighted by Gasteiger charge is 2.67. The Morgan fingerprint density at radius 2 is 1.81 bits per heavy atom. The lowest BCUT2D eigenvalue weighted by Crippen LogP contribution is -2.59. The zero-order chi connectivity index (χ0) is 31.2. The minimum atomic E-state index is -4.24. The van der Waals surface area contributed by atoms with Crippen LogP contribution in [0, 0.1) is 23.7 Å². The highest BCUT2D eigenvalue weighted by atomic mass is 32.2. The molecule has 0 amide bonds. The molecular formula is C34H42O8S. The molecule has 1 saturated carbocycles. The number of hydrogen-bond acceptors (Lipinski definition) is 8. The molecule has 5 atom stereocenters. The van der Waals surface area contributed by atoms with Gasteiger partial charge >= 0.3 is 5.97 Å². The van der Waals surface area contributed by atoms with Gasteiger partial charge in [0.2, 0.25) is 5.78 Å². The van der Waals surface area contributed by atoms with Gasteiger partial charge in [0.05, 0.1) is 11.0 Å². The van der Waals surface area contributed by atoms with Crippen molar-refractivity contribution >= 4 is 27.7 Å². The summed E-state index contributed by atoms with van der Waals surface area (Å²) in [5, 5.41) is 11.8. The van der Waals surface area contributed by atoms with Gasteiger partial charge in [0.15, 0.2) is 11.4 Å². The first-order valence-corrected chi connectivity index (χ1v) is 16.8. The lowest BCUT2D eigenvalue weighted by atomic mass is 9.52. The van der Waals surface area contributed by atoms with E-state index in [0.717, 1.165) is 35.1 Å². The number of Topliss-reactive ketones (excluding diaryl/α,β-unsaturated/α-hetero) is 1. The minimum absolute atomic E-state index is 0.0618. The Labute approximate surface area is 254 Å². The standard InChI is InChI=1S/C34H42O8S/c1-5-6-7-8-30(38)42-34(29(37)21-41-43(39,40)25-12-9-22(2)10-13-25)18-16-27-26-14-11-23-19-24(35)15-17-32(23,3)31(26)28(36)20-33(27,34)4/h9-10,12-13,15,17,19,27-28,36H,5-8,11,14,16,18,20-21H2,1-4H3/t27-,28-,32-,33-,34-/m0/s1. The number of benzene rings is 1. The number of unbranched alkanes of at least 4 members (excludes halogenated alkanes) is 2. The predicted molar refractivity (Wildman–Crippen MR) is 160 cm³/mol. The number of aliphatic hydroxyl groups excluding tert-OH is 1. The quantitative estimate of drug-likeness (QED) is 0.160. The molecular weight excluding hydrogens is 568 g/mol. The fraction of sp³-hybridized carbons (Fsp3) is 0.559. The number of aryl methyl sites for hydroxylation is 1. The van der Waals surface area contributed by atoms with E-state index in [4.69, 9.17) is 8.92 Å². The van der Waals surface area contributed by atoms with Gasteiger partial charge in [-0.3, -0.25) is 18.6 Å². The number of carbonyl (C=O) groups excluding carboxylic acids is 3. The van der Waals surface area contributed by atoms with Crippen LogP contribution in [0.5, 0.6) is 0 Å². The first-order valence-electron chi connectivity index (χ1n) is 15.3. The highest BCUT2D eigenvalue weighted by molar-refractivity contribution is 7.86. The van der Waals surface area contributed by atoms with Crippen molar-refractivity contribution in [3.05, 3.63) is 64.8 Å². The van der Waals surface area contributed by atoms with Gasteiger partial charge < -0.3 is 9.84 Å². The number of aliphatic hydroxyl groups is 1. The number of rotatable bonds is 10. The molecule has 5 rings (SSSR count). The number of carbonyl (C=O) groups is 3. The summed E-state index contributed by atoms with van der Waals surface area (Å²) in [7, 11) is -4.24. The molecule has 8 nitrogen and oxygen atoms in total. The molecule has 0 unspecified atom stereocenters. The lowest BCUT2D eigenvalue weighted by molar-refractivity contribution is -0.185. The molecule has 232 valence electrons. The van der Waals surface area contributed by atoms with Gasteiger partial charge in [-0.25, -0.2) is 0 Å². The second-order valence-corrected chi connectivity index (χ2v) is 14.6. The van der Waals surface area contributed by atoms with Crippen LogP contribution < -0.4 is 0 Å². The van der Waals surface area contributed by atoms with Crippen LogP contribution in [0.1, 0.15) is 84.1 Å². The molecule has 0 saturated heterocycles. The van der Waals surface area contributed by atoms with Crippen LogP contribution in [0.25, 0.3) is 0 Å². The summed E-state index contributed by atoms with van der Waals surface area (Å²) in [5.41, 5.74) is 0.535. The van der Waals surface area contributed by atoms with Gasteiger partial charge in [-0.05, 0) is 88.1 Å². The number of esters is 1. The minimum Gasteiger partial charge on any atom is -0.450 e. The van der Waals surface area contributed by atoms with Crippen LogP contribution in [-0.4, -0.2) is 49.4 Å². The molecule has 1 fully saturated rings. The maximum Gasteiger partial charge on any atom is 0.306 e. The van der Waals surface area contributed by atoms with E-state index in [2.05, 4.69) is 0 Å². The van der Waals surface area contributed by atoms with Crippen molar-refractivity contribution in [3.8, 4) is 0 Å². The van der Waals surface area contributed by atoms with E-state index < -0.39 is 51.0 Å². The molecule has 0 spiro atoms. The number of allylic oxidation sites excluding steroid dienone is 5. The fourth-order valence-electron chi connectivity index (χ4n) is 8.05. The van der Waals surface area contributed by atoms with E-state index in [9.17, 15) is 27.9 Å². The van der Waals surface area contributed by atoms with E-state index >= 15 is 0 Å². The van der Waals surface area contributed by atoms with Crippen LogP contribution in [0.2, 0.25) is 0 Å². The molecule has 9 heteroatoms. The Morgan fingerprint density at radius 1 is 1.09 bits per heavy atom. The second-order valence-electron chi connectivity index (χ2n) is 13.0. The lowest BCUT2D eigenvalue weighted by Gasteiger charge is -2.54. The molecule has 0 heterocycles. The van der Waals surface area contributed by atoms with E-state index in [1.54, 1.807) is 24.3 Å². The van der Waals surface area contributed by atoms with Crippen molar-refractivity contribution in [3.63, 3.8) is 0 Å². The third-order valence-electron chi connectivity index (χ3n) is 10.4. The van der Waals surface area contributed by atoms with E-state index in [1.807, 2.05) is 33.8 Å². The first kappa shape index (κ1) is 31.5. The summed E-state index contributed by atoms with van der Waals surface area (Å²) in [5.74, 6) is -1.35. The SMILES string of the molecule is CCCCCC(=O)O[C@]1(C(=O)COS(=O)(=O)c2ccc(C)cc2)CC[C@H]2C3=C([C@@H](O)C[C@@]21C)[C@@]1(C)C=CC(=O)C=C1CC3. The van der Waals surface area contributed by atoms with Crippen LogP contribution in [0.15, 0.2) is 64.1 Å². The van der Waals surface area contributed by atoms with Gasteiger partial charge in [0.1, 0.15) is 6.61 Å². The Bertz CT molecular complexity index is 1520. The van der Waals surface area contributed by atoms with Crippen LogP contribution in [-0.2, 0) is 33.4 Å². The van der Waals surface area contributed by atoms with E-state index in [-0.39, 0.29) is 35.9 Å². The summed E-state index contributed by atoms with van der Waals surface area (Å²) in [6.07, 6.45) is 8.84. The van der Waals surface area contributed by atoms with Crippen molar-refractivity contribution in [2.24, 2.45) is 16.7 Å². The van der Waals surface area contributed by atoms with Crippen molar-refractivity contribution in [1.29, 1.82) is 0 Å². The molecule has 4 aliphatic carbocycles. The average molecular weight is 611 g/mol. The Balaban J connectivity index is 1.50. The molecule has 0 radical (unpaired) electrons. The van der Waals surface area contributed by atoms with Gasteiger partial charge in [-0.15, -0.1) is 0 Å². The third kappa shape index (κ3) is 5.38. The van der Waals surface area contributed by atoms with Gasteiger partial charge in [0.25, 0.3) is 10.1 Å². The van der Waals surface area contributed by atoms with Crippen molar-refractivity contribution < 1.29 is 36.8 Å². The third-order valence-corrected chi connectivity index (χ3v) is 11.6. The zero-order valence-corrected chi connectivity index (χ0v) is 26.3. The van der Waals surface area contributed by atoms with Crippen LogP contribution >= 0.6 is 0 Å². The van der Waals surface area contributed by atoms with Gasteiger partial charge in [-0.2, -0.15) is 8.42 Å². The summed E-state index contributed by atoms with van der Waals surface area (Å²) < 4.78 is 37.5. The Hall–Kier alpha value is -2.88. The maximum atomic E-state index is 14.2. The van der Waals surface area contributed by atoms with Crippen molar-refractivity contribution in [2.75, 3.05) is 6.61 Å². The van der Waals surface area contributed by atoms with Crippen molar-refractivity contribution in [2.45, 2.75) is 102 Å². The molecule has 1 aromatic rings. The fourth-order valence-corrected chi connectivity index (χ4v) is 8.92. The summed E-state index contributed by atoms with van der Waals surface area (Å²) in [4.78, 5) is 39.5. The average Bonchev–Trinajstić information content (AvgIpc) is 3.24. The summed E-state index contributed by atoms with van der Waals surface area (Å²) in [6, 6.07) is 6.16. The van der Waals surface area contributed by atoms with Crippen LogP contribution in [0.3, 0.4) is 0 Å². The van der Waals surface area contributed by atoms with E-state index in [0.29, 0.717) is 25.7 Å². The largest absolute Gasteiger partial charge is 0.450 e. The number of ether oxygens (including phenoxy) is 1. The zero-order valence-electron chi connectivity index (χ0n) is 25.5. The molecule has 0 aliphatic heterocycles. The smallest absolute Gasteiger partial charge is 0.306 e. The summed E-state index contributed by atoms with van der Waals surface area (Å²) in [6.45, 7) is 6.99. The van der Waals surface area contributed by atoms with Crippen LogP contribution in [0.4, 0.5) is 0 Å². The van der Waals surface area contributed by atoms with E-state index in [1.165, 1.54) is 12.1 Å². The monoisotopic (exact) mass is 610 g/mol. The molecule has 4 aliphatic rings. The Kier molecular flexibility index (Phi) is 8.48. The second kappa shape index (κ2) is 11.6.